The third-order valence-corrected chi connectivity index (χ3v) is 5.47. The largest absolute Gasteiger partial charge is 0.505 e. The van der Waals surface area contributed by atoms with Crippen LogP contribution >= 0.6 is 11.6 Å². The van der Waals surface area contributed by atoms with Gasteiger partial charge in [0.25, 0.3) is 5.91 Å². The molecule has 8 heteroatoms. The van der Waals surface area contributed by atoms with Crippen molar-refractivity contribution < 1.29 is 28.6 Å². The normalized spacial score (nSPS) is 12.9. The average molecular weight is 450 g/mol. The van der Waals surface area contributed by atoms with Crippen molar-refractivity contribution >= 4 is 34.4 Å². The zero-order valence-corrected chi connectivity index (χ0v) is 18.2. The van der Waals surface area contributed by atoms with E-state index in [2.05, 4.69) is 0 Å². The van der Waals surface area contributed by atoms with Crippen molar-refractivity contribution in [3.05, 3.63) is 63.8 Å². The van der Waals surface area contributed by atoms with Crippen LogP contribution in [-0.4, -0.2) is 26.7 Å². The Morgan fingerprint density at radius 3 is 2.35 bits per heavy atom. The van der Waals surface area contributed by atoms with Gasteiger partial charge in [-0.2, -0.15) is 0 Å². The van der Waals surface area contributed by atoms with Crippen LogP contribution in [-0.2, 0) is 4.79 Å². The number of carboxylic acids is 1. The van der Waals surface area contributed by atoms with Crippen LogP contribution in [0.4, 0.5) is 8.78 Å². The highest BCUT2D eigenvalue weighted by Gasteiger charge is 2.34. The summed E-state index contributed by atoms with van der Waals surface area (Å²) in [6.07, 6.45) is 0.168. The third kappa shape index (κ3) is 4.14. The van der Waals surface area contributed by atoms with Crippen molar-refractivity contribution in [1.29, 1.82) is 0 Å². The van der Waals surface area contributed by atoms with Crippen LogP contribution in [0.3, 0.4) is 0 Å². The average Bonchev–Trinajstić information content (AvgIpc) is 2.96. The highest BCUT2D eigenvalue weighted by Crippen LogP contribution is 2.41. The van der Waals surface area contributed by atoms with Crippen LogP contribution in [0.5, 0.6) is 5.75 Å². The fourth-order valence-electron chi connectivity index (χ4n) is 3.85. The molecule has 0 radical (unpaired) electrons. The first-order valence-corrected chi connectivity index (χ1v) is 9.96. The standard InChI is InChI=1S/C23H22ClF2NO4/c1-11-18(13(22(30)31)10-23(2,3)4)19-16(7-8-17(28)20(19)26)27(11)21(29)12-5-6-14(24)15(25)9-12/h5-9,13,28H,10H2,1-4H3,(H,30,31)/t13-/m0/s1. The molecule has 0 amide bonds. The van der Waals surface area contributed by atoms with Gasteiger partial charge in [-0.05, 0) is 54.7 Å². The van der Waals surface area contributed by atoms with Crippen molar-refractivity contribution in [2.24, 2.45) is 5.41 Å². The Labute approximate surface area is 182 Å². The summed E-state index contributed by atoms with van der Waals surface area (Å²) >= 11 is 5.70. The lowest BCUT2D eigenvalue weighted by atomic mass is 9.80. The summed E-state index contributed by atoms with van der Waals surface area (Å²) < 4.78 is 30.1. The number of aromatic hydroxyl groups is 1. The summed E-state index contributed by atoms with van der Waals surface area (Å²) in [5, 5.41) is 19.6. The molecule has 0 bridgehead atoms. The number of aromatic nitrogens is 1. The molecule has 0 saturated heterocycles. The first-order valence-electron chi connectivity index (χ1n) is 9.58. The number of carbonyl (C=O) groups is 2. The topological polar surface area (TPSA) is 79.5 Å². The van der Waals surface area contributed by atoms with Gasteiger partial charge in [-0.25, -0.2) is 8.78 Å². The molecule has 3 aromatic rings. The maximum atomic E-state index is 15.0. The molecule has 0 saturated carbocycles. The van der Waals surface area contributed by atoms with E-state index in [1.54, 1.807) is 0 Å². The van der Waals surface area contributed by atoms with Gasteiger partial charge in [0.15, 0.2) is 11.6 Å². The van der Waals surface area contributed by atoms with Crippen LogP contribution in [0, 0.1) is 24.0 Å². The van der Waals surface area contributed by atoms with Gasteiger partial charge in [0.1, 0.15) is 5.82 Å². The van der Waals surface area contributed by atoms with E-state index < -0.39 is 40.6 Å². The fraction of sp³-hybridized carbons (Fsp3) is 0.304. The monoisotopic (exact) mass is 449 g/mol. The molecule has 0 aliphatic heterocycles. The summed E-state index contributed by atoms with van der Waals surface area (Å²) in [5.74, 6) is -5.43. The number of carbonyl (C=O) groups excluding carboxylic acids is 1. The molecule has 1 aromatic heterocycles. The van der Waals surface area contributed by atoms with Gasteiger partial charge in [0.05, 0.1) is 16.5 Å². The van der Waals surface area contributed by atoms with E-state index in [1.165, 1.54) is 25.1 Å². The molecule has 5 nitrogen and oxygen atoms in total. The minimum atomic E-state index is -1.18. The first-order chi connectivity index (χ1) is 14.3. The van der Waals surface area contributed by atoms with Crippen molar-refractivity contribution in [1.82, 2.24) is 4.57 Å². The zero-order chi connectivity index (χ0) is 23.2. The van der Waals surface area contributed by atoms with Crippen LogP contribution < -0.4 is 0 Å². The van der Waals surface area contributed by atoms with Gasteiger partial charge in [0, 0.05) is 16.6 Å². The molecule has 3 rings (SSSR count). The predicted molar refractivity (Wildman–Crippen MR) is 114 cm³/mol. The summed E-state index contributed by atoms with van der Waals surface area (Å²) in [4.78, 5) is 25.4. The number of rotatable bonds is 4. The van der Waals surface area contributed by atoms with Crippen molar-refractivity contribution in [2.75, 3.05) is 0 Å². The fourth-order valence-corrected chi connectivity index (χ4v) is 3.97. The highest BCUT2D eigenvalue weighted by atomic mass is 35.5. The van der Waals surface area contributed by atoms with Crippen LogP contribution in [0.15, 0.2) is 30.3 Å². The number of phenols is 1. The van der Waals surface area contributed by atoms with E-state index in [4.69, 9.17) is 11.6 Å². The minimum Gasteiger partial charge on any atom is -0.505 e. The number of benzene rings is 2. The highest BCUT2D eigenvalue weighted by molar-refractivity contribution is 6.30. The minimum absolute atomic E-state index is 0.0374. The molecule has 0 aliphatic carbocycles. The Balaban J connectivity index is 2.35. The van der Waals surface area contributed by atoms with Crippen LogP contribution in [0.2, 0.25) is 5.02 Å². The second kappa shape index (κ2) is 7.96. The van der Waals surface area contributed by atoms with E-state index >= 15 is 4.39 Å². The number of hydrogen-bond donors (Lipinski definition) is 2. The van der Waals surface area contributed by atoms with E-state index in [0.29, 0.717) is 0 Å². The van der Waals surface area contributed by atoms with Crippen molar-refractivity contribution in [3.63, 3.8) is 0 Å². The molecule has 0 unspecified atom stereocenters. The number of aliphatic carboxylic acids is 1. The predicted octanol–water partition coefficient (Wildman–Crippen LogP) is 5.88. The molecule has 31 heavy (non-hydrogen) atoms. The number of hydrogen-bond acceptors (Lipinski definition) is 3. The van der Waals surface area contributed by atoms with Gasteiger partial charge in [-0.1, -0.05) is 32.4 Å². The lowest BCUT2D eigenvalue weighted by Gasteiger charge is -2.24. The van der Waals surface area contributed by atoms with Gasteiger partial charge in [-0.15, -0.1) is 0 Å². The van der Waals surface area contributed by atoms with Crippen molar-refractivity contribution in [3.8, 4) is 5.75 Å². The Morgan fingerprint density at radius 1 is 1.16 bits per heavy atom. The van der Waals surface area contributed by atoms with E-state index in [-0.39, 0.29) is 39.2 Å². The van der Waals surface area contributed by atoms with Crippen LogP contribution in [0.25, 0.3) is 10.9 Å². The second-order valence-electron chi connectivity index (χ2n) is 8.72. The Kier molecular flexibility index (Phi) is 5.84. The van der Waals surface area contributed by atoms with Gasteiger partial charge in [0.2, 0.25) is 0 Å². The lowest BCUT2D eigenvalue weighted by molar-refractivity contribution is -0.139. The van der Waals surface area contributed by atoms with E-state index in [0.717, 1.165) is 16.7 Å². The maximum absolute atomic E-state index is 15.0. The number of phenolic OH excluding ortho intramolecular Hbond substituents is 1. The summed E-state index contributed by atoms with van der Waals surface area (Å²) in [6, 6.07) is 5.96. The Morgan fingerprint density at radius 2 is 1.81 bits per heavy atom. The molecule has 1 atom stereocenters. The molecule has 0 fully saturated rings. The Bertz CT molecular complexity index is 1210. The maximum Gasteiger partial charge on any atom is 0.311 e. The first kappa shape index (κ1) is 22.7. The number of fused-ring (bicyclic) bond motifs is 1. The molecule has 0 aliphatic rings. The molecular formula is C23H22ClF2NO4. The van der Waals surface area contributed by atoms with Crippen molar-refractivity contribution in [2.45, 2.75) is 40.0 Å². The zero-order valence-electron chi connectivity index (χ0n) is 17.5. The number of carboxylic acid groups (broad SMARTS) is 1. The summed E-state index contributed by atoms with van der Waals surface area (Å²) in [7, 11) is 0. The SMILES string of the molecule is Cc1c([C@H](CC(C)(C)C)C(=O)O)c2c(F)c(O)ccc2n1C(=O)c1ccc(Cl)c(F)c1. The van der Waals surface area contributed by atoms with E-state index in [1.807, 2.05) is 20.8 Å². The van der Waals surface area contributed by atoms with Gasteiger partial charge >= 0.3 is 5.97 Å². The molecule has 2 N–H and O–H groups in total. The third-order valence-electron chi connectivity index (χ3n) is 5.17. The molecule has 0 spiro atoms. The number of halogens is 3. The molecule has 1 heterocycles. The quantitative estimate of drug-likeness (QED) is 0.521. The lowest BCUT2D eigenvalue weighted by Crippen LogP contribution is -2.21. The number of nitrogens with zero attached hydrogens (tertiary/aromatic N) is 1. The summed E-state index contributed by atoms with van der Waals surface area (Å²) in [6.45, 7) is 7.07. The molecular weight excluding hydrogens is 428 g/mol. The summed E-state index contributed by atoms with van der Waals surface area (Å²) in [5.41, 5.74) is -0.0568. The molecule has 164 valence electrons. The molecule has 2 aromatic carbocycles. The second-order valence-corrected chi connectivity index (χ2v) is 9.12. The smallest absolute Gasteiger partial charge is 0.311 e. The van der Waals surface area contributed by atoms with E-state index in [9.17, 15) is 24.2 Å². The van der Waals surface area contributed by atoms with Gasteiger partial charge < -0.3 is 10.2 Å². The van der Waals surface area contributed by atoms with Gasteiger partial charge in [-0.3, -0.25) is 14.2 Å². The Hall–Kier alpha value is -2.93. The van der Waals surface area contributed by atoms with Crippen LogP contribution in [0.1, 0.15) is 54.7 Å².